The number of nitrogens with two attached hydrogens (primary N) is 1. The summed E-state index contributed by atoms with van der Waals surface area (Å²) < 4.78 is 0. The lowest BCUT2D eigenvalue weighted by Crippen LogP contribution is -2.12. The molecule has 9 heteroatoms. The Labute approximate surface area is 112 Å². The monoisotopic (exact) mass is 280 g/mol. The van der Waals surface area contributed by atoms with Crippen LogP contribution in [0.25, 0.3) is 0 Å². The van der Waals surface area contributed by atoms with Gasteiger partial charge in [0.1, 0.15) is 6.33 Å². The van der Waals surface area contributed by atoms with E-state index in [-0.39, 0.29) is 17.3 Å². The fourth-order valence-electron chi connectivity index (χ4n) is 1.44. The molecule has 2 rings (SSSR count). The second-order valence-corrected chi connectivity index (χ2v) is 3.83. The zero-order chi connectivity index (χ0) is 13.8. The molecule has 0 unspecified atom stereocenters. The zero-order valence-electron chi connectivity index (χ0n) is 9.50. The van der Waals surface area contributed by atoms with Crippen LogP contribution in [0.5, 0.6) is 0 Å². The first-order chi connectivity index (χ1) is 9.13. The quantitative estimate of drug-likeness (QED) is 0.445. The number of halogens is 1. The molecule has 1 aromatic carbocycles. The van der Waals surface area contributed by atoms with Crippen LogP contribution in [0.2, 0.25) is 5.02 Å². The summed E-state index contributed by atoms with van der Waals surface area (Å²) in [5.74, 6) is 5.09. The molecule has 0 fully saturated rings. The number of nitrogens with zero attached hydrogens (tertiary/aromatic N) is 3. The first kappa shape index (κ1) is 13.0. The standard InChI is InChI=1S/C10H9ClN6O2/c11-6-3-1-2-4-7(6)15-9-8(17(18)19)10(16-12)14-5-13-9/h1-5H,12H2,(H2,13,14,15,16). The largest absolute Gasteiger partial charge is 0.354 e. The maximum atomic E-state index is 11.0. The van der Waals surface area contributed by atoms with Crippen molar-refractivity contribution in [1.82, 2.24) is 9.97 Å². The van der Waals surface area contributed by atoms with E-state index in [0.717, 1.165) is 6.33 Å². The van der Waals surface area contributed by atoms with Crippen LogP contribution in [0.1, 0.15) is 0 Å². The van der Waals surface area contributed by atoms with Crippen LogP contribution in [0.3, 0.4) is 0 Å². The number of nitro groups is 1. The molecule has 0 radical (unpaired) electrons. The molecule has 0 aliphatic rings. The number of nitrogen functional groups attached to an aromatic ring is 1. The molecule has 4 N–H and O–H groups in total. The molecule has 19 heavy (non-hydrogen) atoms. The van der Waals surface area contributed by atoms with Crippen molar-refractivity contribution in [1.29, 1.82) is 0 Å². The maximum Gasteiger partial charge on any atom is 0.354 e. The summed E-state index contributed by atoms with van der Waals surface area (Å²) in [6, 6.07) is 6.81. The van der Waals surface area contributed by atoms with Crippen molar-refractivity contribution in [2.45, 2.75) is 0 Å². The number of aromatic nitrogens is 2. The number of hydrazine groups is 1. The van der Waals surface area contributed by atoms with Crippen LogP contribution >= 0.6 is 11.6 Å². The number of hydrogen-bond donors (Lipinski definition) is 3. The van der Waals surface area contributed by atoms with Gasteiger partial charge in [-0.3, -0.25) is 10.1 Å². The molecule has 2 aromatic rings. The summed E-state index contributed by atoms with van der Waals surface area (Å²) >= 11 is 5.96. The molecule has 1 aromatic heterocycles. The Balaban J connectivity index is 2.46. The van der Waals surface area contributed by atoms with E-state index in [2.05, 4.69) is 20.7 Å². The Morgan fingerprint density at radius 2 is 1.95 bits per heavy atom. The van der Waals surface area contributed by atoms with Gasteiger partial charge in [0, 0.05) is 0 Å². The molecule has 0 saturated carbocycles. The normalized spacial score (nSPS) is 10.0. The molecule has 0 spiro atoms. The number of benzene rings is 1. The van der Waals surface area contributed by atoms with Crippen molar-refractivity contribution in [2.75, 3.05) is 10.7 Å². The predicted molar refractivity (Wildman–Crippen MR) is 71.2 cm³/mol. The van der Waals surface area contributed by atoms with Crippen molar-refractivity contribution in [3.8, 4) is 0 Å². The van der Waals surface area contributed by atoms with Gasteiger partial charge in [-0.1, -0.05) is 23.7 Å². The maximum absolute atomic E-state index is 11.0. The topological polar surface area (TPSA) is 119 Å². The summed E-state index contributed by atoms with van der Waals surface area (Å²) in [6.45, 7) is 0. The second kappa shape index (κ2) is 5.46. The molecule has 1 heterocycles. The van der Waals surface area contributed by atoms with Gasteiger partial charge in [-0.2, -0.15) is 0 Å². The number of anilines is 3. The highest BCUT2D eigenvalue weighted by Crippen LogP contribution is 2.32. The lowest BCUT2D eigenvalue weighted by atomic mass is 10.3. The van der Waals surface area contributed by atoms with Gasteiger partial charge < -0.3 is 10.7 Å². The van der Waals surface area contributed by atoms with Crippen LogP contribution in [0, 0.1) is 10.1 Å². The minimum atomic E-state index is -0.631. The van der Waals surface area contributed by atoms with E-state index in [0.29, 0.717) is 10.7 Å². The summed E-state index contributed by atoms with van der Waals surface area (Å²) in [4.78, 5) is 17.9. The smallest absolute Gasteiger partial charge is 0.333 e. The van der Waals surface area contributed by atoms with Gasteiger partial charge >= 0.3 is 5.69 Å². The van der Waals surface area contributed by atoms with E-state index >= 15 is 0 Å². The van der Waals surface area contributed by atoms with Crippen LogP contribution in [-0.4, -0.2) is 14.9 Å². The minimum Gasteiger partial charge on any atom is -0.333 e. The Bertz CT molecular complexity index is 621. The average Bonchev–Trinajstić information content (AvgIpc) is 2.40. The van der Waals surface area contributed by atoms with Gasteiger partial charge in [0.25, 0.3) is 0 Å². The number of para-hydroxylation sites is 1. The molecule has 0 aliphatic heterocycles. The van der Waals surface area contributed by atoms with Gasteiger partial charge in [0.15, 0.2) is 0 Å². The third-order valence-electron chi connectivity index (χ3n) is 2.27. The second-order valence-electron chi connectivity index (χ2n) is 3.43. The molecule has 0 bridgehead atoms. The van der Waals surface area contributed by atoms with E-state index in [4.69, 9.17) is 17.4 Å². The zero-order valence-corrected chi connectivity index (χ0v) is 10.3. The predicted octanol–water partition coefficient (Wildman–Crippen LogP) is 2.07. The Kier molecular flexibility index (Phi) is 3.74. The SMILES string of the molecule is NNc1ncnc(Nc2ccccc2Cl)c1[N+](=O)[O-]. The molecular formula is C10H9ClN6O2. The van der Waals surface area contributed by atoms with Gasteiger partial charge in [0.05, 0.1) is 15.6 Å². The number of rotatable bonds is 4. The fourth-order valence-corrected chi connectivity index (χ4v) is 1.62. The summed E-state index contributed by atoms with van der Waals surface area (Å²) in [5.41, 5.74) is 2.29. The van der Waals surface area contributed by atoms with Crippen molar-refractivity contribution in [2.24, 2.45) is 5.84 Å². The lowest BCUT2D eigenvalue weighted by Gasteiger charge is -2.09. The first-order valence-electron chi connectivity index (χ1n) is 5.11. The molecule has 0 saturated heterocycles. The number of nitrogens with one attached hydrogen (secondary N) is 2. The third-order valence-corrected chi connectivity index (χ3v) is 2.60. The highest BCUT2D eigenvalue weighted by atomic mass is 35.5. The molecule has 0 aliphatic carbocycles. The Morgan fingerprint density at radius 3 is 2.58 bits per heavy atom. The Morgan fingerprint density at radius 1 is 1.26 bits per heavy atom. The minimum absolute atomic E-state index is 0.000972. The fraction of sp³-hybridized carbons (Fsp3) is 0. The molecule has 0 atom stereocenters. The van der Waals surface area contributed by atoms with Crippen LogP contribution < -0.4 is 16.6 Å². The molecular weight excluding hydrogens is 272 g/mol. The Hall–Kier alpha value is -2.45. The highest BCUT2D eigenvalue weighted by molar-refractivity contribution is 6.33. The van der Waals surface area contributed by atoms with Gasteiger partial charge in [-0.05, 0) is 12.1 Å². The highest BCUT2D eigenvalue weighted by Gasteiger charge is 2.22. The average molecular weight is 281 g/mol. The van der Waals surface area contributed by atoms with Crippen LogP contribution in [0.15, 0.2) is 30.6 Å². The van der Waals surface area contributed by atoms with Crippen molar-refractivity contribution < 1.29 is 4.92 Å². The van der Waals surface area contributed by atoms with E-state index in [1.807, 2.05) is 0 Å². The summed E-state index contributed by atoms with van der Waals surface area (Å²) in [7, 11) is 0. The summed E-state index contributed by atoms with van der Waals surface area (Å²) in [5, 5.41) is 14.2. The molecule has 8 nitrogen and oxygen atoms in total. The third kappa shape index (κ3) is 2.69. The van der Waals surface area contributed by atoms with Crippen molar-refractivity contribution >= 4 is 34.6 Å². The summed E-state index contributed by atoms with van der Waals surface area (Å²) in [6.07, 6.45) is 1.15. The van der Waals surface area contributed by atoms with Gasteiger partial charge in [-0.15, -0.1) is 0 Å². The molecule has 98 valence electrons. The first-order valence-corrected chi connectivity index (χ1v) is 5.49. The van der Waals surface area contributed by atoms with Crippen molar-refractivity contribution in [3.63, 3.8) is 0 Å². The van der Waals surface area contributed by atoms with Crippen molar-refractivity contribution in [3.05, 3.63) is 45.7 Å². The molecule has 0 amide bonds. The number of hydrogen-bond acceptors (Lipinski definition) is 7. The van der Waals surface area contributed by atoms with Crippen LogP contribution in [-0.2, 0) is 0 Å². The van der Waals surface area contributed by atoms with Gasteiger partial charge in [0.2, 0.25) is 11.6 Å². The van der Waals surface area contributed by atoms with E-state index in [9.17, 15) is 10.1 Å². The van der Waals surface area contributed by atoms with E-state index in [1.165, 1.54) is 0 Å². The van der Waals surface area contributed by atoms with E-state index < -0.39 is 4.92 Å². The van der Waals surface area contributed by atoms with Crippen LogP contribution in [0.4, 0.5) is 23.0 Å². The van der Waals surface area contributed by atoms with E-state index in [1.54, 1.807) is 24.3 Å². The lowest BCUT2D eigenvalue weighted by molar-refractivity contribution is -0.383. The van der Waals surface area contributed by atoms with Gasteiger partial charge in [-0.25, -0.2) is 15.8 Å².